The summed E-state index contributed by atoms with van der Waals surface area (Å²) in [6.07, 6.45) is 8.79. The van der Waals surface area contributed by atoms with Crippen molar-refractivity contribution in [2.24, 2.45) is 47.3 Å². The van der Waals surface area contributed by atoms with E-state index in [-0.39, 0.29) is 47.3 Å². The number of carbonyl (C=O) groups is 4. The monoisotopic (exact) mass is 751 g/mol. The van der Waals surface area contributed by atoms with Crippen LogP contribution in [0.4, 0.5) is 0 Å². The SMILES string of the molecule is CCCN(Cc1ccc(CN(CCC)C(=O)C2CCCCC2C(=O)N(CC(C)C)CC(C)C)cc1)C(=O)C1CCCCC1C(=O)N(CC(C)C)CC(C)C. The van der Waals surface area contributed by atoms with Crippen molar-refractivity contribution in [3.8, 4) is 0 Å². The van der Waals surface area contributed by atoms with Crippen LogP contribution < -0.4 is 0 Å². The quantitative estimate of drug-likeness (QED) is 0.133. The number of amides is 4. The largest absolute Gasteiger partial charge is 0.342 e. The van der Waals surface area contributed by atoms with Crippen LogP contribution in [-0.4, -0.2) is 82.5 Å². The zero-order valence-corrected chi connectivity index (χ0v) is 36.1. The number of rotatable bonds is 20. The van der Waals surface area contributed by atoms with E-state index in [2.05, 4.69) is 93.5 Å². The fraction of sp³-hybridized carbons (Fsp3) is 0.783. The maximum absolute atomic E-state index is 14.3. The van der Waals surface area contributed by atoms with Gasteiger partial charge in [-0.15, -0.1) is 0 Å². The van der Waals surface area contributed by atoms with Gasteiger partial charge >= 0.3 is 0 Å². The highest BCUT2D eigenvalue weighted by atomic mass is 16.2. The summed E-state index contributed by atoms with van der Waals surface area (Å²) in [5.74, 6) is 1.03. The van der Waals surface area contributed by atoms with Crippen LogP contribution in [0.5, 0.6) is 0 Å². The molecule has 1 aromatic rings. The van der Waals surface area contributed by atoms with Gasteiger partial charge in [-0.25, -0.2) is 0 Å². The highest BCUT2D eigenvalue weighted by Crippen LogP contribution is 2.35. The van der Waals surface area contributed by atoms with Gasteiger partial charge in [0.25, 0.3) is 0 Å². The van der Waals surface area contributed by atoms with Gasteiger partial charge in [-0.05, 0) is 73.3 Å². The molecule has 0 bridgehead atoms. The lowest BCUT2D eigenvalue weighted by Crippen LogP contribution is -2.48. The van der Waals surface area contributed by atoms with Gasteiger partial charge in [0.1, 0.15) is 0 Å². The summed E-state index contributed by atoms with van der Waals surface area (Å²) in [5.41, 5.74) is 2.12. The number of carbonyl (C=O) groups excluding carboxylic acids is 4. The molecule has 0 saturated heterocycles. The van der Waals surface area contributed by atoms with Gasteiger partial charge in [-0.2, -0.15) is 0 Å². The minimum absolute atomic E-state index is 0.115. The Morgan fingerprint density at radius 1 is 0.463 bits per heavy atom. The summed E-state index contributed by atoms with van der Waals surface area (Å²) in [4.78, 5) is 64.6. The lowest BCUT2D eigenvalue weighted by molar-refractivity contribution is -0.149. The molecule has 8 heteroatoms. The third-order valence-electron chi connectivity index (χ3n) is 11.1. The van der Waals surface area contributed by atoms with E-state index in [1.807, 2.05) is 19.6 Å². The van der Waals surface area contributed by atoms with Gasteiger partial charge in [0, 0.05) is 76.0 Å². The van der Waals surface area contributed by atoms with E-state index >= 15 is 0 Å². The number of hydrogen-bond acceptors (Lipinski definition) is 4. The number of benzene rings is 1. The molecule has 4 atom stereocenters. The predicted molar refractivity (Wildman–Crippen MR) is 221 cm³/mol. The van der Waals surface area contributed by atoms with Crippen LogP contribution in [0.2, 0.25) is 0 Å². The summed E-state index contributed by atoms with van der Waals surface area (Å²) in [6.45, 7) is 26.7. The van der Waals surface area contributed by atoms with Gasteiger partial charge < -0.3 is 19.6 Å². The Balaban J connectivity index is 1.75. The third kappa shape index (κ3) is 13.7. The van der Waals surface area contributed by atoms with E-state index in [1.54, 1.807) is 0 Å². The highest BCUT2D eigenvalue weighted by Gasteiger charge is 2.41. The van der Waals surface area contributed by atoms with E-state index in [9.17, 15) is 19.2 Å². The summed E-state index contributed by atoms with van der Waals surface area (Å²) in [7, 11) is 0. The molecule has 306 valence electrons. The van der Waals surface area contributed by atoms with E-state index in [1.165, 1.54) is 0 Å². The van der Waals surface area contributed by atoms with Crippen molar-refractivity contribution in [1.29, 1.82) is 0 Å². The first kappa shape index (κ1) is 45.5. The maximum Gasteiger partial charge on any atom is 0.226 e. The van der Waals surface area contributed by atoms with Gasteiger partial charge in [-0.3, -0.25) is 19.2 Å². The summed E-state index contributed by atoms with van der Waals surface area (Å²) in [5, 5.41) is 0. The molecular weight excluding hydrogens is 673 g/mol. The standard InChI is InChI=1S/C46H78N4O4/c1-11-25-47(43(51)39-17-13-15-19-41(39)45(53)49(27-33(3)4)28-34(5)6)31-37-21-23-38(24-22-37)32-48(26-12-2)44(52)40-18-14-16-20-42(40)46(54)50(29-35(7)8)30-36(9)10/h21-24,33-36,39-42H,11-20,25-32H2,1-10H3. The minimum atomic E-state index is -0.272. The zero-order valence-electron chi connectivity index (χ0n) is 36.1. The van der Waals surface area contributed by atoms with Crippen LogP contribution in [0.1, 0.15) is 145 Å². The Bertz CT molecular complexity index is 1190. The molecule has 54 heavy (non-hydrogen) atoms. The highest BCUT2D eigenvalue weighted by molar-refractivity contribution is 5.89. The molecule has 1 aromatic carbocycles. The van der Waals surface area contributed by atoms with Gasteiger partial charge in [0.15, 0.2) is 0 Å². The molecule has 0 aliphatic heterocycles. The molecule has 0 aromatic heterocycles. The fourth-order valence-corrected chi connectivity index (χ4v) is 8.92. The Hall–Kier alpha value is -2.90. The molecule has 0 radical (unpaired) electrons. The first-order chi connectivity index (χ1) is 25.7. The molecule has 0 N–H and O–H groups in total. The molecule has 2 aliphatic rings. The molecule has 0 spiro atoms. The van der Waals surface area contributed by atoms with Crippen molar-refractivity contribution < 1.29 is 19.2 Å². The van der Waals surface area contributed by atoms with Crippen LogP contribution in [0.25, 0.3) is 0 Å². The minimum Gasteiger partial charge on any atom is -0.342 e. The zero-order chi connectivity index (χ0) is 39.9. The molecule has 4 unspecified atom stereocenters. The lowest BCUT2D eigenvalue weighted by Gasteiger charge is -2.38. The molecule has 2 fully saturated rings. The van der Waals surface area contributed by atoms with Crippen molar-refractivity contribution >= 4 is 23.6 Å². The molecule has 0 heterocycles. The fourth-order valence-electron chi connectivity index (χ4n) is 8.92. The normalized spacial score (nSPS) is 20.4. The van der Waals surface area contributed by atoms with E-state index in [4.69, 9.17) is 0 Å². The summed E-state index contributed by atoms with van der Waals surface area (Å²) >= 11 is 0. The predicted octanol–water partition coefficient (Wildman–Crippen LogP) is 9.06. The van der Waals surface area contributed by atoms with Crippen molar-refractivity contribution in [2.45, 2.75) is 147 Å². The van der Waals surface area contributed by atoms with Crippen LogP contribution >= 0.6 is 0 Å². The van der Waals surface area contributed by atoms with Crippen molar-refractivity contribution in [3.05, 3.63) is 35.4 Å². The molecule has 2 aliphatic carbocycles. The number of hydrogen-bond donors (Lipinski definition) is 0. The first-order valence-corrected chi connectivity index (χ1v) is 21.9. The van der Waals surface area contributed by atoms with Gasteiger partial charge in [0.2, 0.25) is 23.6 Å². The summed E-state index contributed by atoms with van der Waals surface area (Å²) in [6, 6.07) is 8.39. The molecule has 3 rings (SSSR count). The first-order valence-electron chi connectivity index (χ1n) is 21.9. The number of nitrogens with zero attached hydrogens (tertiary/aromatic N) is 4. The van der Waals surface area contributed by atoms with Crippen molar-refractivity contribution in [2.75, 3.05) is 39.3 Å². The van der Waals surface area contributed by atoms with Crippen LogP contribution in [0.15, 0.2) is 24.3 Å². The molecule has 2 saturated carbocycles. The van der Waals surface area contributed by atoms with Crippen molar-refractivity contribution in [3.63, 3.8) is 0 Å². The van der Waals surface area contributed by atoms with E-state index in [0.717, 1.165) is 102 Å². The molecular formula is C46H78N4O4. The van der Waals surface area contributed by atoms with E-state index < -0.39 is 0 Å². The lowest BCUT2D eigenvalue weighted by atomic mass is 9.77. The maximum atomic E-state index is 14.3. The molecule has 8 nitrogen and oxygen atoms in total. The Kier molecular flexibility index (Phi) is 19.0. The smallest absolute Gasteiger partial charge is 0.226 e. The van der Waals surface area contributed by atoms with Gasteiger partial charge in [-0.1, -0.05) is 119 Å². The van der Waals surface area contributed by atoms with E-state index in [0.29, 0.717) is 49.9 Å². The topological polar surface area (TPSA) is 81.2 Å². The van der Waals surface area contributed by atoms with Crippen molar-refractivity contribution in [1.82, 2.24) is 19.6 Å². The van der Waals surface area contributed by atoms with Crippen LogP contribution in [0, 0.1) is 47.3 Å². The second kappa shape index (κ2) is 22.6. The third-order valence-corrected chi connectivity index (χ3v) is 11.1. The average Bonchev–Trinajstić information content (AvgIpc) is 3.12. The Labute approximate surface area is 330 Å². The van der Waals surface area contributed by atoms with Crippen LogP contribution in [-0.2, 0) is 32.3 Å². The second-order valence-electron chi connectivity index (χ2n) is 18.4. The Morgan fingerprint density at radius 2 is 0.704 bits per heavy atom. The Morgan fingerprint density at radius 3 is 0.926 bits per heavy atom. The second-order valence-corrected chi connectivity index (χ2v) is 18.4. The molecule has 4 amide bonds. The van der Waals surface area contributed by atoms with Crippen LogP contribution in [0.3, 0.4) is 0 Å². The average molecular weight is 751 g/mol. The van der Waals surface area contributed by atoms with Gasteiger partial charge in [0.05, 0.1) is 0 Å². The summed E-state index contributed by atoms with van der Waals surface area (Å²) < 4.78 is 0.